The number of aromatic nitrogens is 1. The Morgan fingerprint density at radius 2 is 1.89 bits per heavy atom. The van der Waals surface area contributed by atoms with Crippen molar-refractivity contribution in [2.75, 3.05) is 36.1 Å². The number of aliphatic hydroxyl groups excluding tert-OH is 1. The van der Waals surface area contributed by atoms with Crippen molar-refractivity contribution in [1.82, 2.24) is 4.98 Å². The lowest BCUT2D eigenvalue weighted by molar-refractivity contribution is 0.0640. The van der Waals surface area contributed by atoms with Gasteiger partial charge in [-0.05, 0) is 42.5 Å². The van der Waals surface area contributed by atoms with E-state index in [-0.39, 0.29) is 40.3 Å². The van der Waals surface area contributed by atoms with Gasteiger partial charge in [0, 0.05) is 28.9 Å². The first-order chi connectivity index (χ1) is 18.1. The number of anilines is 3. The molecule has 0 saturated carbocycles. The van der Waals surface area contributed by atoms with E-state index in [1.165, 1.54) is 19.2 Å². The first-order valence-electron chi connectivity index (χ1n) is 11.1. The average molecular weight is 541 g/mol. The van der Waals surface area contributed by atoms with Crippen LogP contribution in [0.3, 0.4) is 0 Å². The smallest absolute Gasteiger partial charge is 0.412 e. The highest BCUT2D eigenvalue weighted by molar-refractivity contribution is 7.92. The molecule has 4 N–H and O–H groups in total. The molecular weight excluding hydrogens is 516 g/mol. The summed E-state index contributed by atoms with van der Waals surface area (Å²) < 4.78 is 41.8. The normalized spacial score (nSPS) is 11.2. The number of primary amides is 1. The summed E-state index contributed by atoms with van der Waals surface area (Å²) in [6.45, 7) is -0.691. The first kappa shape index (κ1) is 26.4. The van der Waals surface area contributed by atoms with Gasteiger partial charge in [0.2, 0.25) is 10.0 Å². The van der Waals surface area contributed by atoms with E-state index in [9.17, 15) is 23.1 Å². The third kappa shape index (κ3) is 5.53. The summed E-state index contributed by atoms with van der Waals surface area (Å²) in [5.74, 6) is -0.923. The van der Waals surface area contributed by atoms with Crippen molar-refractivity contribution in [3.63, 3.8) is 0 Å². The first-order valence-corrected chi connectivity index (χ1v) is 13.0. The molecule has 2 aromatic carbocycles. The van der Waals surface area contributed by atoms with Gasteiger partial charge in [-0.3, -0.25) is 9.29 Å². The molecule has 38 heavy (non-hydrogen) atoms. The van der Waals surface area contributed by atoms with E-state index in [4.69, 9.17) is 14.9 Å². The highest BCUT2D eigenvalue weighted by Crippen LogP contribution is 2.41. The maximum Gasteiger partial charge on any atom is 0.412 e. The van der Waals surface area contributed by atoms with E-state index in [1.807, 2.05) is 6.07 Å². The van der Waals surface area contributed by atoms with Crippen molar-refractivity contribution >= 4 is 50.1 Å². The Morgan fingerprint density at radius 3 is 2.47 bits per heavy atom. The van der Waals surface area contributed by atoms with Crippen LogP contribution in [0.4, 0.5) is 21.9 Å². The molecule has 13 heteroatoms. The van der Waals surface area contributed by atoms with Crippen LogP contribution < -0.4 is 20.1 Å². The van der Waals surface area contributed by atoms with Crippen LogP contribution >= 0.6 is 0 Å². The summed E-state index contributed by atoms with van der Waals surface area (Å²) in [4.78, 5) is 28.4. The number of ether oxygens (including phenoxy) is 2. The molecule has 0 saturated heterocycles. The Labute approximate surface area is 217 Å². The highest BCUT2D eigenvalue weighted by atomic mass is 32.2. The fraction of sp³-hybridized carbons (Fsp3) is 0.160. The van der Waals surface area contributed by atoms with Crippen LogP contribution in [0.2, 0.25) is 0 Å². The van der Waals surface area contributed by atoms with Crippen molar-refractivity contribution in [3.8, 4) is 17.1 Å². The second-order valence-corrected chi connectivity index (χ2v) is 9.94. The molecule has 12 nitrogen and oxygen atoms in total. The number of furan rings is 1. The lowest BCUT2D eigenvalue weighted by Crippen LogP contribution is -2.32. The Balaban J connectivity index is 1.86. The van der Waals surface area contributed by atoms with Crippen molar-refractivity contribution in [1.29, 1.82) is 0 Å². The van der Waals surface area contributed by atoms with Gasteiger partial charge >= 0.3 is 12.1 Å². The fourth-order valence-corrected chi connectivity index (χ4v) is 4.80. The zero-order valence-electron chi connectivity index (χ0n) is 20.4. The SMILES string of the molecule is COc1cc2c(C(=O)OC(N)=O)c(-c3ccc(Nc4cccnc4)cc3)oc2cc1N(CCO)S(C)(=O)=O. The molecular formula is C25H24N4O8S. The molecule has 0 bridgehead atoms. The summed E-state index contributed by atoms with van der Waals surface area (Å²) in [6.07, 6.45) is 2.99. The maximum absolute atomic E-state index is 12.9. The minimum Gasteiger partial charge on any atom is -0.495 e. The van der Waals surface area contributed by atoms with Crippen LogP contribution in [0.25, 0.3) is 22.3 Å². The van der Waals surface area contributed by atoms with Crippen LogP contribution in [-0.4, -0.2) is 57.1 Å². The number of methoxy groups -OCH3 is 1. The van der Waals surface area contributed by atoms with Crippen LogP contribution in [0.15, 0.2) is 65.3 Å². The fourth-order valence-electron chi connectivity index (χ4n) is 3.88. The van der Waals surface area contributed by atoms with Gasteiger partial charge in [-0.2, -0.15) is 0 Å². The Morgan fingerprint density at radius 1 is 1.16 bits per heavy atom. The number of hydrogen-bond acceptors (Lipinski definition) is 10. The molecule has 0 unspecified atom stereocenters. The molecule has 1 amide bonds. The lowest BCUT2D eigenvalue weighted by Gasteiger charge is -2.23. The van der Waals surface area contributed by atoms with Crippen molar-refractivity contribution in [2.45, 2.75) is 0 Å². The van der Waals surface area contributed by atoms with Crippen LogP contribution in [0.5, 0.6) is 5.75 Å². The minimum absolute atomic E-state index is 0.0615. The van der Waals surface area contributed by atoms with Crippen LogP contribution in [0, 0.1) is 0 Å². The maximum atomic E-state index is 12.9. The van der Waals surface area contributed by atoms with E-state index in [0.717, 1.165) is 21.9 Å². The number of amides is 1. The summed E-state index contributed by atoms with van der Waals surface area (Å²) >= 11 is 0. The van der Waals surface area contributed by atoms with Gasteiger partial charge in [-0.15, -0.1) is 0 Å². The molecule has 4 aromatic rings. The number of carbonyl (C=O) groups excluding carboxylic acids is 2. The van der Waals surface area contributed by atoms with Gasteiger partial charge in [0.1, 0.15) is 22.7 Å². The molecule has 2 heterocycles. The van der Waals surface area contributed by atoms with E-state index >= 15 is 0 Å². The number of hydrogen-bond donors (Lipinski definition) is 3. The van der Waals surface area contributed by atoms with Gasteiger partial charge in [-0.25, -0.2) is 18.0 Å². The van der Waals surface area contributed by atoms with Crippen LogP contribution in [-0.2, 0) is 14.8 Å². The number of nitrogens with zero attached hydrogens (tertiary/aromatic N) is 2. The molecule has 0 radical (unpaired) electrons. The van der Waals surface area contributed by atoms with Crippen LogP contribution in [0.1, 0.15) is 10.4 Å². The second kappa shape index (κ2) is 10.8. The Hall–Kier alpha value is -4.62. The molecule has 0 aliphatic heterocycles. The van der Waals surface area contributed by atoms with Crippen molar-refractivity contribution < 1.29 is 37.0 Å². The largest absolute Gasteiger partial charge is 0.495 e. The predicted molar refractivity (Wildman–Crippen MR) is 140 cm³/mol. The molecule has 0 aliphatic rings. The zero-order valence-corrected chi connectivity index (χ0v) is 21.2. The summed E-state index contributed by atoms with van der Waals surface area (Å²) in [6, 6.07) is 13.3. The van der Waals surface area contributed by atoms with Gasteiger partial charge in [0.05, 0.1) is 44.1 Å². The standard InChI is InChI=1S/C25H24N4O8S/c1-35-21-12-18-20(13-19(21)29(10-11-30)38(2,33)34)36-23(22(18)24(31)37-25(26)32)15-5-7-16(8-6-15)28-17-4-3-9-27-14-17/h3-9,12-14,28,30H,10-11H2,1-2H3,(H2,26,32). The number of aliphatic hydroxyl groups is 1. The molecule has 2 aromatic heterocycles. The summed E-state index contributed by atoms with van der Waals surface area (Å²) in [5.41, 5.74) is 7.13. The summed E-state index contributed by atoms with van der Waals surface area (Å²) in [5, 5.41) is 12.8. The quantitative estimate of drug-likeness (QED) is 0.211. The topological polar surface area (TPSA) is 174 Å². The van der Waals surface area contributed by atoms with E-state index < -0.39 is 28.7 Å². The predicted octanol–water partition coefficient (Wildman–Crippen LogP) is 3.24. The lowest BCUT2D eigenvalue weighted by atomic mass is 10.0. The molecule has 0 fully saturated rings. The molecule has 0 spiro atoms. The molecule has 198 valence electrons. The van der Waals surface area contributed by atoms with Gasteiger partial charge in [-0.1, -0.05) is 0 Å². The zero-order chi connectivity index (χ0) is 27.4. The van der Waals surface area contributed by atoms with E-state index in [0.29, 0.717) is 5.56 Å². The number of esters is 1. The average Bonchev–Trinajstić information content (AvgIpc) is 3.25. The van der Waals surface area contributed by atoms with Gasteiger partial charge in [0.25, 0.3) is 0 Å². The van der Waals surface area contributed by atoms with Crippen molar-refractivity contribution in [2.24, 2.45) is 5.73 Å². The number of benzene rings is 2. The van der Waals surface area contributed by atoms with E-state index in [2.05, 4.69) is 15.0 Å². The third-order valence-corrected chi connectivity index (χ3v) is 6.64. The number of carbonyl (C=O) groups is 2. The van der Waals surface area contributed by atoms with Crippen molar-refractivity contribution in [3.05, 3.63) is 66.5 Å². The van der Waals surface area contributed by atoms with Gasteiger partial charge in [0.15, 0.2) is 0 Å². The number of sulfonamides is 1. The second-order valence-electron chi connectivity index (χ2n) is 8.04. The number of pyridine rings is 1. The van der Waals surface area contributed by atoms with Gasteiger partial charge < -0.3 is 30.0 Å². The van der Waals surface area contributed by atoms with E-state index in [1.54, 1.807) is 42.7 Å². The number of nitrogens with two attached hydrogens (primary N) is 1. The third-order valence-electron chi connectivity index (χ3n) is 5.46. The Bertz CT molecular complexity index is 1590. The molecule has 4 rings (SSSR count). The highest BCUT2D eigenvalue weighted by Gasteiger charge is 2.29. The Kier molecular flexibility index (Phi) is 7.50. The molecule has 0 aliphatic carbocycles. The number of nitrogens with one attached hydrogen (secondary N) is 1. The molecule has 0 atom stereocenters. The number of rotatable bonds is 9. The number of fused-ring (bicyclic) bond motifs is 1. The summed E-state index contributed by atoms with van der Waals surface area (Å²) in [7, 11) is -2.49. The minimum atomic E-state index is -3.81. The monoisotopic (exact) mass is 540 g/mol.